The molecule has 0 bridgehead atoms. The second kappa shape index (κ2) is 5.21. The highest BCUT2D eigenvalue weighted by molar-refractivity contribution is 5.98. The molecule has 0 aliphatic rings. The average molecular weight is 208 g/mol. The summed E-state index contributed by atoms with van der Waals surface area (Å²) < 4.78 is 4.86. The van der Waals surface area contributed by atoms with Crippen molar-refractivity contribution in [2.75, 3.05) is 31.7 Å². The molecular weight excluding hydrogens is 192 g/mol. The molecule has 5 nitrogen and oxygen atoms in total. The van der Waals surface area contributed by atoms with E-state index in [-0.39, 0.29) is 0 Å². The molecule has 0 spiro atoms. The van der Waals surface area contributed by atoms with E-state index in [2.05, 4.69) is 4.99 Å². The van der Waals surface area contributed by atoms with Gasteiger partial charge in [-0.25, -0.2) is 0 Å². The highest BCUT2D eigenvalue weighted by atomic mass is 16.5. The molecule has 0 aromatic heterocycles. The van der Waals surface area contributed by atoms with Gasteiger partial charge in [0.1, 0.15) is 5.84 Å². The van der Waals surface area contributed by atoms with Gasteiger partial charge in [-0.2, -0.15) is 0 Å². The number of aliphatic imine (C=N–C) groups is 1. The molecule has 0 fully saturated rings. The molecule has 15 heavy (non-hydrogen) atoms. The highest BCUT2D eigenvalue weighted by Crippen LogP contribution is 2.15. The minimum atomic E-state index is 0.443. The molecule has 0 heterocycles. The first-order valence-electron chi connectivity index (χ1n) is 4.59. The average Bonchev–Trinajstić information content (AvgIpc) is 2.22. The molecule has 0 radical (unpaired) electrons. The number of nitrogens with zero attached hydrogens (tertiary/aromatic N) is 1. The molecule has 0 unspecified atom stereocenters. The number of rotatable bonds is 4. The third kappa shape index (κ3) is 3.14. The van der Waals surface area contributed by atoms with E-state index in [0.29, 0.717) is 30.4 Å². The molecule has 1 aromatic rings. The van der Waals surface area contributed by atoms with Crippen LogP contribution in [-0.2, 0) is 4.74 Å². The normalized spacial score (nSPS) is 11.7. The molecule has 0 aliphatic heterocycles. The summed E-state index contributed by atoms with van der Waals surface area (Å²) in [6.07, 6.45) is 0. The van der Waals surface area contributed by atoms with Crippen LogP contribution >= 0.6 is 0 Å². The number of hydrogen-bond acceptors (Lipinski definition) is 4. The Morgan fingerprint density at radius 3 is 2.67 bits per heavy atom. The summed E-state index contributed by atoms with van der Waals surface area (Å²) >= 11 is 0. The van der Waals surface area contributed by atoms with E-state index < -0.39 is 0 Å². The van der Waals surface area contributed by atoms with Gasteiger partial charge in [-0.1, -0.05) is 0 Å². The Morgan fingerprint density at radius 1 is 1.33 bits per heavy atom. The number of ether oxygens (including phenoxy) is 1. The molecule has 0 saturated carbocycles. The Morgan fingerprint density at radius 2 is 2.07 bits per heavy atom. The topological polar surface area (TPSA) is 99.6 Å². The van der Waals surface area contributed by atoms with Gasteiger partial charge in [-0.15, -0.1) is 0 Å². The van der Waals surface area contributed by atoms with E-state index in [4.69, 9.17) is 21.9 Å². The van der Waals surface area contributed by atoms with E-state index in [9.17, 15) is 0 Å². The molecule has 1 aromatic carbocycles. The van der Waals surface area contributed by atoms with Crippen molar-refractivity contribution in [2.45, 2.75) is 0 Å². The lowest BCUT2D eigenvalue weighted by atomic mass is 10.1. The highest BCUT2D eigenvalue weighted by Gasteiger charge is 2.00. The third-order valence-electron chi connectivity index (χ3n) is 1.96. The second-order valence-corrected chi connectivity index (χ2v) is 3.10. The fourth-order valence-corrected chi connectivity index (χ4v) is 1.08. The number of methoxy groups -OCH3 is 1. The number of nitrogens with two attached hydrogens (primary N) is 3. The van der Waals surface area contributed by atoms with Crippen molar-refractivity contribution in [3.8, 4) is 0 Å². The Bertz CT molecular complexity index is 362. The van der Waals surface area contributed by atoms with Crippen molar-refractivity contribution in [3.05, 3.63) is 23.8 Å². The predicted molar refractivity (Wildman–Crippen MR) is 62.7 cm³/mol. The molecule has 0 atom stereocenters. The Balaban J connectivity index is 2.77. The fraction of sp³-hybridized carbons (Fsp3) is 0.300. The zero-order valence-electron chi connectivity index (χ0n) is 8.73. The maximum Gasteiger partial charge on any atom is 0.125 e. The maximum atomic E-state index is 5.75. The van der Waals surface area contributed by atoms with Gasteiger partial charge in [0.2, 0.25) is 0 Å². The van der Waals surface area contributed by atoms with E-state index in [0.717, 1.165) is 5.56 Å². The summed E-state index contributed by atoms with van der Waals surface area (Å²) in [5.74, 6) is 0.443. The zero-order valence-corrected chi connectivity index (χ0v) is 8.73. The van der Waals surface area contributed by atoms with Crippen LogP contribution in [0, 0.1) is 0 Å². The zero-order chi connectivity index (χ0) is 11.3. The molecule has 6 N–H and O–H groups in total. The summed E-state index contributed by atoms with van der Waals surface area (Å²) in [6.45, 7) is 1.08. The summed E-state index contributed by atoms with van der Waals surface area (Å²) in [4.78, 5) is 4.13. The van der Waals surface area contributed by atoms with Crippen LogP contribution in [0.4, 0.5) is 11.4 Å². The summed E-state index contributed by atoms with van der Waals surface area (Å²) in [6, 6.07) is 5.21. The minimum absolute atomic E-state index is 0.443. The molecule has 82 valence electrons. The van der Waals surface area contributed by atoms with Gasteiger partial charge in [0, 0.05) is 12.7 Å². The first-order valence-corrected chi connectivity index (χ1v) is 4.59. The van der Waals surface area contributed by atoms with Gasteiger partial charge >= 0.3 is 0 Å². The van der Waals surface area contributed by atoms with Crippen LogP contribution in [0.5, 0.6) is 0 Å². The van der Waals surface area contributed by atoms with E-state index >= 15 is 0 Å². The number of nitrogen functional groups attached to an aromatic ring is 2. The lowest BCUT2D eigenvalue weighted by Crippen LogP contribution is -2.15. The minimum Gasteiger partial charge on any atom is -0.397 e. The molecule has 0 aliphatic carbocycles. The Labute approximate surface area is 88.9 Å². The number of anilines is 2. The smallest absolute Gasteiger partial charge is 0.125 e. The van der Waals surface area contributed by atoms with Crippen LogP contribution in [0.1, 0.15) is 5.56 Å². The van der Waals surface area contributed by atoms with Crippen LogP contribution in [0.2, 0.25) is 0 Å². The number of hydrogen-bond donors (Lipinski definition) is 3. The first kappa shape index (κ1) is 11.3. The third-order valence-corrected chi connectivity index (χ3v) is 1.96. The standard InChI is InChI=1S/C10H16N4O/c1-15-5-4-14-10(13)7-2-3-8(11)9(12)6-7/h2-3,6H,4-5,11-12H2,1H3,(H2,13,14). The van der Waals surface area contributed by atoms with Gasteiger partial charge in [-0.05, 0) is 18.2 Å². The monoisotopic (exact) mass is 208 g/mol. The van der Waals surface area contributed by atoms with Crippen LogP contribution in [-0.4, -0.2) is 26.1 Å². The fourth-order valence-electron chi connectivity index (χ4n) is 1.08. The number of benzene rings is 1. The second-order valence-electron chi connectivity index (χ2n) is 3.10. The van der Waals surface area contributed by atoms with Gasteiger partial charge in [0.15, 0.2) is 0 Å². The van der Waals surface area contributed by atoms with E-state index in [1.54, 1.807) is 25.3 Å². The van der Waals surface area contributed by atoms with Gasteiger partial charge in [0.05, 0.1) is 24.5 Å². The van der Waals surface area contributed by atoms with Crippen molar-refractivity contribution in [2.24, 2.45) is 10.7 Å². The van der Waals surface area contributed by atoms with Crippen molar-refractivity contribution < 1.29 is 4.74 Å². The largest absolute Gasteiger partial charge is 0.397 e. The van der Waals surface area contributed by atoms with Gasteiger partial charge in [0.25, 0.3) is 0 Å². The molecule has 0 saturated heterocycles. The first-order chi connectivity index (χ1) is 7.15. The maximum absolute atomic E-state index is 5.75. The molecule has 1 rings (SSSR count). The van der Waals surface area contributed by atoms with E-state index in [1.165, 1.54) is 0 Å². The summed E-state index contributed by atoms with van der Waals surface area (Å²) in [5, 5.41) is 0. The quantitative estimate of drug-likeness (QED) is 0.285. The van der Waals surface area contributed by atoms with Crippen LogP contribution in [0.15, 0.2) is 23.2 Å². The Kier molecular flexibility index (Phi) is 3.93. The lowest BCUT2D eigenvalue weighted by molar-refractivity contribution is 0.208. The lowest BCUT2D eigenvalue weighted by Gasteiger charge is -2.04. The van der Waals surface area contributed by atoms with Gasteiger partial charge in [-0.3, -0.25) is 4.99 Å². The summed E-state index contributed by atoms with van der Waals surface area (Å²) in [7, 11) is 1.62. The van der Waals surface area contributed by atoms with Crippen molar-refractivity contribution in [1.29, 1.82) is 0 Å². The SMILES string of the molecule is COCCN=C(N)c1ccc(N)c(N)c1. The summed E-state index contributed by atoms with van der Waals surface area (Å²) in [5.41, 5.74) is 18.8. The van der Waals surface area contributed by atoms with Crippen LogP contribution < -0.4 is 17.2 Å². The van der Waals surface area contributed by atoms with Crippen molar-refractivity contribution in [1.82, 2.24) is 0 Å². The van der Waals surface area contributed by atoms with Gasteiger partial charge < -0.3 is 21.9 Å². The molecule has 5 heteroatoms. The molecular formula is C10H16N4O. The number of amidine groups is 1. The van der Waals surface area contributed by atoms with Crippen LogP contribution in [0.25, 0.3) is 0 Å². The molecule has 0 amide bonds. The van der Waals surface area contributed by atoms with Crippen molar-refractivity contribution in [3.63, 3.8) is 0 Å². The van der Waals surface area contributed by atoms with Crippen LogP contribution in [0.3, 0.4) is 0 Å². The van der Waals surface area contributed by atoms with E-state index in [1.807, 2.05) is 0 Å². The Hall–Kier alpha value is -1.75. The van der Waals surface area contributed by atoms with Crippen molar-refractivity contribution >= 4 is 17.2 Å². The predicted octanol–water partition coefficient (Wildman–Crippen LogP) is 0.203.